The molecule has 0 rings (SSSR count). The van der Waals surface area contributed by atoms with Crippen LogP contribution in [0.4, 0.5) is 0 Å². The lowest BCUT2D eigenvalue weighted by Gasteiger charge is -2.31. The lowest BCUT2D eigenvalue weighted by molar-refractivity contribution is -0.144. The summed E-state index contributed by atoms with van der Waals surface area (Å²) in [5.74, 6) is -1.02. The van der Waals surface area contributed by atoms with Crippen LogP contribution in [0.1, 0.15) is 40.5 Å². The third kappa shape index (κ3) is 4.51. The zero-order valence-corrected chi connectivity index (χ0v) is 10.5. The van der Waals surface area contributed by atoms with Gasteiger partial charge in [-0.1, -0.05) is 27.7 Å². The molecule has 0 spiro atoms. The van der Waals surface area contributed by atoms with Gasteiger partial charge in [0.15, 0.2) is 0 Å². The van der Waals surface area contributed by atoms with E-state index in [4.69, 9.17) is 0 Å². The smallest absolute Gasteiger partial charge is 0.306 e. The summed E-state index contributed by atoms with van der Waals surface area (Å²) in [5.41, 5.74) is -1.25. The fourth-order valence-corrected chi connectivity index (χ4v) is 1.92. The van der Waals surface area contributed by atoms with Gasteiger partial charge in [-0.15, -0.1) is 4.91 Å². The minimum absolute atomic E-state index is 0.207. The Morgan fingerprint density at radius 2 is 1.69 bits per heavy atom. The molecule has 0 saturated heterocycles. The van der Waals surface area contributed by atoms with Gasteiger partial charge in [0.2, 0.25) is 0 Å². The second kappa shape index (κ2) is 5.18. The zero-order valence-electron chi connectivity index (χ0n) is 10.5. The first-order valence-electron chi connectivity index (χ1n) is 5.09. The summed E-state index contributed by atoms with van der Waals surface area (Å²) in [6, 6.07) is 0. The fraction of sp³-hybridized carbons (Fsp3) is 0.818. The zero-order chi connectivity index (χ0) is 13.0. The highest BCUT2D eigenvalue weighted by molar-refractivity contribution is 5.82. The Hall–Kier alpha value is -1.26. The van der Waals surface area contributed by atoms with Gasteiger partial charge >= 0.3 is 5.97 Å². The molecule has 0 fully saturated rings. The molecule has 0 aromatic heterocycles. The summed E-state index contributed by atoms with van der Waals surface area (Å²) in [6.45, 7) is 7.00. The van der Waals surface area contributed by atoms with Crippen molar-refractivity contribution < 1.29 is 14.3 Å². The van der Waals surface area contributed by atoms with Crippen LogP contribution in [0, 0.1) is 15.7 Å². The highest BCUT2D eigenvalue weighted by atomic mass is 16.5. The monoisotopic (exact) mass is 229 g/mol. The van der Waals surface area contributed by atoms with E-state index in [0.717, 1.165) is 0 Å². The summed E-state index contributed by atoms with van der Waals surface area (Å²) < 4.78 is 4.58. The fourth-order valence-electron chi connectivity index (χ4n) is 1.92. The number of rotatable bonds is 5. The number of amides is 1. The molecule has 92 valence electrons. The number of nitrogens with zero attached hydrogens (tertiary/aromatic N) is 1. The summed E-state index contributed by atoms with van der Waals surface area (Å²) in [6.07, 6.45) is 0.610. The Bertz CT molecular complexity index is 294. The molecule has 0 aliphatic heterocycles. The van der Waals surface area contributed by atoms with E-state index in [1.165, 1.54) is 7.11 Å². The molecule has 0 heterocycles. The molecule has 0 bridgehead atoms. The Labute approximate surface area is 95.5 Å². The average molecular weight is 229 g/mol. The van der Waals surface area contributed by atoms with Crippen LogP contribution < -0.4 is 0 Å². The van der Waals surface area contributed by atoms with Crippen LogP contribution >= 0.6 is 0 Å². The molecule has 0 N–H and O–H groups in total. The van der Waals surface area contributed by atoms with E-state index >= 15 is 0 Å². The largest absolute Gasteiger partial charge is 0.469 e. The Balaban J connectivity index is 4.62. The van der Waals surface area contributed by atoms with E-state index < -0.39 is 16.7 Å². The number of hydrogen-bond acceptors (Lipinski definition) is 4. The molecule has 0 aliphatic carbocycles. The quantitative estimate of drug-likeness (QED) is 0.535. The predicted octanol–water partition coefficient (Wildman–Crippen LogP) is 2.29. The number of methoxy groups -OCH3 is 1. The van der Waals surface area contributed by atoms with Crippen LogP contribution in [0.15, 0.2) is 5.18 Å². The van der Waals surface area contributed by atoms with E-state index in [2.05, 4.69) is 9.91 Å². The van der Waals surface area contributed by atoms with Gasteiger partial charge in [0, 0.05) is 10.6 Å². The molecule has 0 atom stereocenters. The molecule has 0 radical (unpaired) electrons. The lowest BCUT2D eigenvalue weighted by atomic mass is 9.73. The Morgan fingerprint density at radius 1 is 1.19 bits per heavy atom. The molecular formula is C11H19NO4. The molecule has 5 heteroatoms. The number of esters is 1. The van der Waals surface area contributed by atoms with E-state index in [0.29, 0.717) is 6.42 Å². The average Bonchev–Trinajstić information content (AvgIpc) is 2.13. The summed E-state index contributed by atoms with van der Waals surface area (Å²) in [5, 5.41) is 2.44. The first kappa shape index (κ1) is 14.7. The summed E-state index contributed by atoms with van der Waals surface area (Å²) in [7, 11) is 1.32. The topological polar surface area (TPSA) is 72.8 Å². The number of hydrogen-bond donors (Lipinski definition) is 0. The van der Waals surface area contributed by atoms with E-state index in [1.807, 2.05) is 13.8 Å². The van der Waals surface area contributed by atoms with Crippen LogP contribution in [0.2, 0.25) is 0 Å². The van der Waals surface area contributed by atoms with Gasteiger partial charge in [0.25, 0.3) is 5.91 Å². The van der Waals surface area contributed by atoms with Crippen molar-refractivity contribution in [3.63, 3.8) is 0 Å². The van der Waals surface area contributed by atoms with Crippen LogP contribution in [0.3, 0.4) is 0 Å². The van der Waals surface area contributed by atoms with E-state index in [1.54, 1.807) is 13.8 Å². The third-order valence-electron chi connectivity index (χ3n) is 2.43. The minimum Gasteiger partial charge on any atom is -0.469 e. The standard InChI is InChI=1S/C11H19NO4/c1-10(2,6-8(13)16-5)7-11(3,4)9(14)12-15/h6-7H2,1-5H3. The van der Waals surface area contributed by atoms with Gasteiger partial charge in [-0.2, -0.15) is 0 Å². The van der Waals surface area contributed by atoms with E-state index in [9.17, 15) is 14.5 Å². The SMILES string of the molecule is COC(=O)CC(C)(C)CC(C)(C)C(=O)N=O. The highest BCUT2D eigenvalue weighted by Crippen LogP contribution is 2.37. The molecule has 0 aromatic carbocycles. The van der Waals surface area contributed by atoms with Crippen LogP contribution in [0.25, 0.3) is 0 Å². The molecule has 5 nitrogen and oxygen atoms in total. The second-order valence-electron chi connectivity index (χ2n) is 5.37. The van der Waals surface area contributed by atoms with Crippen molar-refractivity contribution >= 4 is 11.9 Å². The van der Waals surface area contributed by atoms with Crippen LogP contribution in [0.5, 0.6) is 0 Å². The predicted molar refractivity (Wildman–Crippen MR) is 59.6 cm³/mol. The lowest BCUT2D eigenvalue weighted by Crippen LogP contribution is -2.31. The van der Waals surface area contributed by atoms with Gasteiger partial charge in [-0.25, -0.2) is 0 Å². The van der Waals surface area contributed by atoms with Crippen LogP contribution in [-0.2, 0) is 14.3 Å². The number of carbonyl (C=O) groups is 2. The summed E-state index contributed by atoms with van der Waals surface area (Å²) >= 11 is 0. The van der Waals surface area contributed by atoms with Crippen molar-refractivity contribution in [1.29, 1.82) is 0 Å². The summed E-state index contributed by atoms with van der Waals surface area (Å²) in [4.78, 5) is 32.7. The normalized spacial score (nSPS) is 12.1. The number of ether oxygens (including phenoxy) is 1. The molecular weight excluding hydrogens is 210 g/mol. The Morgan fingerprint density at radius 3 is 2.06 bits per heavy atom. The molecule has 0 aromatic rings. The van der Waals surface area contributed by atoms with Crippen molar-refractivity contribution in [2.75, 3.05) is 7.11 Å². The van der Waals surface area contributed by atoms with Crippen LogP contribution in [-0.4, -0.2) is 19.0 Å². The minimum atomic E-state index is -0.848. The van der Waals surface area contributed by atoms with Gasteiger partial charge in [0.05, 0.1) is 13.5 Å². The number of carbonyl (C=O) groups excluding carboxylic acids is 2. The van der Waals surface area contributed by atoms with Crippen molar-refractivity contribution in [3.05, 3.63) is 4.91 Å². The second-order valence-corrected chi connectivity index (χ2v) is 5.37. The highest BCUT2D eigenvalue weighted by Gasteiger charge is 2.36. The maximum atomic E-state index is 11.3. The van der Waals surface area contributed by atoms with Gasteiger partial charge in [0.1, 0.15) is 0 Å². The first-order chi connectivity index (χ1) is 7.14. The van der Waals surface area contributed by atoms with Crippen molar-refractivity contribution in [3.8, 4) is 0 Å². The Kier molecular flexibility index (Phi) is 4.78. The molecule has 0 saturated carbocycles. The molecule has 0 unspecified atom stereocenters. The van der Waals surface area contributed by atoms with Crippen molar-refractivity contribution in [2.45, 2.75) is 40.5 Å². The maximum absolute atomic E-state index is 11.3. The maximum Gasteiger partial charge on any atom is 0.306 e. The van der Waals surface area contributed by atoms with Crippen molar-refractivity contribution in [1.82, 2.24) is 0 Å². The molecule has 1 amide bonds. The van der Waals surface area contributed by atoms with Gasteiger partial charge in [-0.3, -0.25) is 9.59 Å². The molecule has 0 aliphatic rings. The number of nitroso groups, excluding NO2 is 1. The van der Waals surface area contributed by atoms with E-state index in [-0.39, 0.29) is 12.4 Å². The van der Waals surface area contributed by atoms with Gasteiger partial charge in [-0.05, 0) is 11.8 Å². The third-order valence-corrected chi connectivity index (χ3v) is 2.43. The van der Waals surface area contributed by atoms with Gasteiger partial charge < -0.3 is 4.74 Å². The first-order valence-corrected chi connectivity index (χ1v) is 5.09. The van der Waals surface area contributed by atoms with Crippen molar-refractivity contribution in [2.24, 2.45) is 16.0 Å². The molecule has 16 heavy (non-hydrogen) atoms.